The number of benzene rings is 1. The topological polar surface area (TPSA) is 20.3 Å². The highest BCUT2D eigenvalue weighted by atomic mass is 19.1. The summed E-state index contributed by atoms with van der Waals surface area (Å²) in [7, 11) is 2.04. The summed E-state index contributed by atoms with van der Waals surface area (Å²) >= 11 is 0. The van der Waals surface area contributed by atoms with Crippen LogP contribution in [0, 0.1) is 12.7 Å². The Morgan fingerprint density at radius 3 is 2.35 bits per heavy atom. The first-order chi connectivity index (χ1) is 9.50. The Bertz CT molecular complexity index is 490. The van der Waals surface area contributed by atoms with Crippen LogP contribution in [0.1, 0.15) is 61.4 Å². The van der Waals surface area contributed by atoms with Crippen molar-refractivity contribution in [1.82, 2.24) is 0 Å². The minimum atomic E-state index is -0.298. The lowest BCUT2D eigenvalue weighted by Crippen LogP contribution is -2.32. The van der Waals surface area contributed by atoms with Gasteiger partial charge in [0.25, 0.3) is 0 Å². The molecule has 2 nitrogen and oxygen atoms in total. The SMILES string of the molecule is CC(=O)c1cc(F)c(C)cc1N(C)C1CCCCCC1. The van der Waals surface area contributed by atoms with Gasteiger partial charge >= 0.3 is 0 Å². The normalized spacial score (nSPS) is 16.8. The fraction of sp³-hybridized carbons (Fsp3) is 0.588. The number of hydrogen-bond acceptors (Lipinski definition) is 2. The molecule has 1 saturated carbocycles. The molecule has 0 atom stereocenters. The first-order valence-corrected chi connectivity index (χ1v) is 7.54. The van der Waals surface area contributed by atoms with Crippen LogP contribution in [0.4, 0.5) is 10.1 Å². The molecule has 0 aromatic heterocycles. The summed E-state index contributed by atoms with van der Waals surface area (Å²) in [5.74, 6) is -0.368. The molecule has 0 radical (unpaired) electrons. The van der Waals surface area contributed by atoms with Crippen molar-refractivity contribution < 1.29 is 9.18 Å². The highest BCUT2D eigenvalue weighted by Crippen LogP contribution is 2.30. The summed E-state index contributed by atoms with van der Waals surface area (Å²) in [5.41, 5.74) is 1.98. The zero-order valence-electron chi connectivity index (χ0n) is 12.7. The van der Waals surface area contributed by atoms with E-state index in [1.807, 2.05) is 13.1 Å². The molecule has 0 amide bonds. The van der Waals surface area contributed by atoms with Crippen molar-refractivity contribution in [1.29, 1.82) is 0 Å². The van der Waals surface area contributed by atoms with Gasteiger partial charge in [-0.25, -0.2) is 4.39 Å². The number of carbonyl (C=O) groups is 1. The molecule has 0 aliphatic heterocycles. The van der Waals surface area contributed by atoms with Crippen molar-refractivity contribution in [2.45, 2.75) is 58.4 Å². The smallest absolute Gasteiger partial charge is 0.161 e. The zero-order chi connectivity index (χ0) is 14.7. The van der Waals surface area contributed by atoms with Gasteiger partial charge in [0.15, 0.2) is 5.78 Å². The average molecular weight is 277 g/mol. The Labute approximate surface area is 121 Å². The van der Waals surface area contributed by atoms with E-state index in [0.717, 1.165) is 18.5 Å². The largest absolute Gasteiger partial charge is 0.371 e. The number of ketones is 1. The maximum absolute atomic E-state index is 13.7. The summed E-state index contributed by atoms with van der Waals surface area (Å²) in [6.45, 7) is 3.26. The Morgan fingerprint density at radius 2 is 1.80 bits per heavy atom. The summed E-state index contributed by atoms with van der Waals surface area (Å²) in [6.07, 6.45) is 7.39. The standard InChI is InChI=1S/C17H24FNO/c1-12-10-17(15(13(2)20)11-16(12)18)19(3)14-8-6-4-5-7-9-14/h10-11,14H,4-9H2,1-3H3. The van der Waals surface area contributed by atoms with Gasteiger partial charge in [-0.05, 0) is 44.4 Å². The predicted molar refractivity (Wildman–Crippen MR) is 81.0 cm³/mol. The van der Waals surface area contributed by atoms with E-state index >= 15 is 0 Å². The van der Waals surface area contributed by atoms with Gasteiger partial charge in [-0.1, -0.05) is 25.7 Å². The van der Waals surface area contributed by atoms with Crippen LogP contribution >= 0.6 is 0 Å². The van der Waals surface area contributed by atoms with Gasteiger partial charge in [0.1, 0.15) is 5.82 Å². The van der Waals surface area contributed by atoms with E-state index in [9.17, 15) is 9.18 Å². The maximum Gasteiger partial charge on any atom is 0.161 e. The van der Waals surface area contributed by atoms with Crippen LogP contribution < -0.4 is 4.90 Å². The second-order valence-corrected chi connectivity index (χ2v) is 5.93. The van der Waals surface area contributed by atoms with Crippen LogP contribution in [0.25, 0.3) is 0 Å². The Hall–Kier alpha value is -1.38. The molecule has 0 N–H and O–H groups in total. The fourth-order valence-electron chi connectivity index (χ4n) is 3.08. The van der Waals surface area contributed by atoms with Crippen LogP contribution in [-0.2, 0) is 0 Å². The number of aryl methyl sites for hydroxylation is 1. The minimum Gasteiger partial charge on any atom is -0.371 e. The van der Waals surface area contributed by atoms with Crippen LogP contribution in [0.2, 0.25) is 0 Å². The van der Waals surface area contributed by atoms with E-state index < -0.39 is 0 Å². The lowest BCUT2D eigenvalue weighted by atomic mass is 10.0. The van der Waals surface area contributed by atoms with Gasteiger partial charge in [-0.2, -0.15) is 0 Å². The molecule has 0 bridgehead atoms. The van der Waals surface area contributed by atoms with E-state index in [1.54, 1.807) is 6.92 Å². The summed E-state index contributed by atoms with van der Waals surface area (Å²) in [4.78, 5) is 14.0. The molecule has 20 heavy (non-hydrogen) atoms. The molecule has 0 heterocycles. The molecule has 110 valence electrons. The van der Waals surface area contributed by atoms with Crippen LogP contribution in [0.5, 0.6) is 0 Å². The summed E-state index contributed by atoms with van der Waals surface area (Å²) in [6, 6.07) is 3.66. The monoisotopic (exact) mass is 277 g/mol. The van der Waals surface area contributed by atoms with E-state index in [0.29, 0.717) is 17.2 Å². The van der Waals surface area contributed by atoms with Crippen LogP contribution in [0.3, 0.4) is 0 Å². The molecule has 0 unspecified atom stereocenters. The van der Waals surface area contributed by atoms with E-state index in [-0.39, 0.29) is 11.6 Å². The van der Waals surface area contributed by atoms with Crippen molar-refractivity contribution >= 4 is 11.5 Å². The zero-order valence-corrected chi connectivity index (χ0v) is 12.7. The summed E-state index contributed by atoms with van der Waals surface area (Å²) < 4.78 is 13.7. The molecule has 1 aromatic carbocycles. The molecule has 0 spiro atoms. The van der Waals surface area contributed by atoms with Gasteiger partial charge in [0, 0.05) is 24.3 Å². The number of Topliss-reactive ketones (excluding diaryl/α,β-unsaturated/α-hetero) is 1. The third-order valence-electron chi connectivity index (χ3n) is 4.41. The molecule has 3 heteroatoms. The molecule has 1 fully saturated rings. The van der Waals surface area contributed by atoms with E-state index in [2.05, 4.69) is 4.90 Å². The van der Waals surface area contributed by atoms with Gasteiger partial charge in [0.05, 0.1) is 0 Å². The Balaban J connectivity index is 2.34. The third-order valence-corrected chi connectivity index (χ3v) is 4.41. The highest BCUT2D eigenvalue weighted by Gasteiger charge is 2.21. The third kappa shape index (κ3) is 3.20. The van der Waals surface area contributed by atoms with Crippen molar-refractivity contribution in [3.8, 4) is 0 Å². The fourth-order valence-corrected chi connectivity index (χ4v) is 3.08. The molecule has 0 saturated heterocycles. The molecular weight excluding hydrogens is 253 g/mol. The first-order valence-electron chi connectivity index (χ1n) is 7.54. The van der Waals surface area contributed by atoms with Crippen molar-refractivity contribution in [3.63, 3.8) is 0 Å². The summed E-state index contributed by atoms with van der Waals surface area (Å²) in [5, 5.41) is 0. The second-order valence-electron chi connectivity index (χ2n) is 5.93. The van der Waals surface area contributed by atoms with Crippen molar-refractivity contribution in [2.24, 2.45) is 0 Å². The Morgan fingerprint density at radius 1 is 1.20 bits per heavy atom. The predicted octanol–water partition coefficient (Wildman–Crippen LogP) is 4.50. The van der Waals surface area contributed by atoms with E-state index in [4.69, 9.17) is 0 Å². The van der Waals surface area contributed by atoms with Crippen molar-refractivity contribution in [3.05, 3.63) is 29.1 Å². The van der Waals surface area contributed by atoms with E-state index in [1.165, 1.54) is 38.7 Å². The lowest BCUT2D eigenvalue weighted by Gasteiger charge is -2.31. The molecule has 2 rings (SSSR count). The highest BCUT2D eigenvalue weighted by molar-refractivity contribution is 6.00. The molecule has 1 aliphatic rings. The lowest BCUT2D eigenvalue weighted by molar-refractivity contribution is 0.101. The average Bonchev–Trinajstić information content (AvgIpc) is 2.69. The number of hydrogen-bond donors (Lipinski definition) is 0. The quantitative estimate of drug-likeness (QED) is 0.599. The van der Waals surface area contributed by atoms with Crippen molar-refractivity contribution in [2.75, 3.05) is 11.9 Å². The number of rotatable bonds is 3. The van der Waals surface area contributed by atoms with Crippen LogP contribution in [-0.4, -0.2) is 18.9 Å². The second kappa shape index (κ2) is 6.38. The van der Waals surface area contributed by atoms with Gasteiger partial charge < -0.3 is 4.90 Å². The maximum atomic E-state index is 13.7. The first kappa shape index (κ1) is 15.0. The van der Waals surface area contributed by atoms with Gasteiger partial charge in [-0.15, -0.1) is 0 Å². The number of nitrogens with zero attached hydrogens (tertiary/aromatic N) is 1. The van der Waals surface area contributed by atoms with Crippen LogP contribution in [0.15, 0.2) is 12.1 Å². The minimum absolute atomic E-state index is 0.0700. The molecule has 1 aliphatic carbocycles. The molecular formula is C17H24FNO. The number of carbonyl (C=O) groups excluding carboxylic acids is 1. The number of halogens is 1. The van der Waals surface area contributed by atoms with Gasteiger partial charge in [0.2, 0.25) is 0 Å². The number of anilines is 1. The Kier molecular flexibility index (Phi) is 4.79. The molecule has 1 aromatic rings. The van der Waals surface area contributed by atoms with Gasteiger partial charge in [-0.3, -0.25) is 4.79 Å².